The zero-order valence-corrected chi connectivity index (χ0v) is 20.8. The maximum atomic E-state index is 13.3. The third-order valence-electron chi connectivity index (χ3n) is 6.78. The number of piperazine rings is 1. The van der Waals surface area contributed by atoms with Gasteiger partial charge in [-0.3, -0.25) is 14.7 Å². The van der Waals surface area contributed by atoms with Crippen LogP contribution in [0.25, 0.3) is 0 Å². The maximum Gasteiger partial charge on any atom is 0.333 e. The first kappa shape index (κ1) is 25.3. The molecule has 1 unspecified atom stereocenters. The molecule has 0 saturated carbocycles. The van der Waals surface area contributed by atoms with Crippen molar-refractivity contribution >= 4 is 11.9 Å². The third kappa shape index (κ3) is 6.07. The van der Waals surface area contributed by atoms with Gasteiger partial charge in [-0.15, -0.1) is 0 Å². The molecule has 1 amide bonds. The third-order valence-corrected chi connectivity index (χ3v) is 6.78. The van der Waals surface area contributed by atoms with Crippen LogP contribution < -0.4 is 0 Å². The van der Waals surface area contributed by atoms with E-state index in [-0.39, 0.29) is 24.0 Å². The van der Waals surface area contributed by atoms with Gasteiger partial charge >= 0.3 is 5.97 Å². The lowest BCUT2D eigenvalue weighted by Gasteiger charge is -2.46. The summed E-state index contributed by atoms with van der Waals surface area (Å²) in [6.45, 7) is 5.86. The molecule has 3 aromatic rings. The van der Waals surface area contributed by atoms with Gasteiger partial charge in [-0.1, -0.05) is 67.2 Å². The number of esters is 1. The number of nitrogens with zero attached hydrogens (tertiary/aromatic N) is 3. The molecule has 6 nitrogen and oxygen atoms in total. The van der Waals surface area contributed by atoms with Crippen molar-refractivity contribution in [2.24, 2.45) is 0 Å². The second kappa shape index (κ2) is 12.3. The van der Waals surface area contributed by atoms with Gasteiger partial charge < -0.3 is 9.64 Å². The lowest BCUT2D eigenvalue weighted by Crippen LogP contribution is -2.55. The van der Waals surface area contributed by atoms with E-state index >= 15 is 0 Å². The van der Waals surface area contributed by atoms with Gasteiger partial charge in [0.1, 0.15) is 0 Å². The summed E-state index contributed by atoms with van der Waals surface area (Å²) in [5, 5.41) is 0. The first-order valence-corrected chi connectivity index (χ1v) is 12.4. The zero-order valence-electron chi connectivity index (χ0n) is 20.8. The van der Waals surface area contributed by atoms with Crippen molar-refractivity contribution in [1.29, 1.82) is 0 Å². The van der Waals surface area contributed by atoms with Crippen LogP contribution >= 0.6 is 0 Å². The second-order valence-electron chi connectivity index (χ2n) is 9.10. The number of ether oxygens (including phenoxy) is 1. The lowest BCUT2D eigenvalue weighted by atomic mass is 9.92. The molecule has 2 heterocycles. The van der Waals surface area contributed by atoms with Crippen molar-refractivity contribution in [3.8, 4) is 0 Å². The van der Waals surface area contributed by atoms with Gasteiger partial charge in [-0.2, -0.15) is 0 Å². The summed E-state index contributed by atoms with van der Waals surface area (Å²) in [6, 6.07) is 24.8. The van der Waals surface area contributed by atoms with Crippen molar-refractivity contribution in [2.75, 3.05) is 26.7 Å². The van der Waals surface area contributed by atoms with Crippen molar-refractivity contribution < 1.29 is 14.3 Å². The summed E-state index contributed by atoms with van der Waals surface area (Å²) in [4.78, 5) is 33.7. The molecule has 6 heteroatoms. The molecular weight excluding hydrogens is 450 g/mol. The predicted octanol–water partition coefficient (Wildman–Crippen LogP) is 4.90. The molecule has 1 saturated heterocycles. The summed E-state index contributed by atoms with van der Waals surface area (Å²) < 4.78 is 4.82. The molecule has 2 aromatic carbocycles. The molecule has 1 atom stereocenters. The molecule has 1 fully saturated rings. The minimum absolute atomic E-state index is 0.00249. The van der Waals surface area contributed by atoms with Crippen LogP contribution in [0.4, 0.5) is 0 Å². The average molecular weight is 484 g/mol. The van der Waals surface area contributed by atoms with Gasteiger partial charge in [0.05, 0.1) is 18.7 Å². The summed E-state index contributed by atoms with van der Waals surface area (Å²) in [7, 11) is 1.38. The Labute approximate surface area is 213 Å². The molecule has 0 radical (unpaired) electrons. The summed E-state index contributed by atoms with van der Waals surface area (Å²) >= 11 is 0. The highest BCUT2D eigenvalue weighted by molar-refractivity contribution is 5.94. The van der Waals surface area contributed by atoms with Crippen molar-refractivity contribution in [2.45, 2.75) is 31.3 Å². The van der Waals surface area contributed by atoms with Crippen LogP contribution in [0.2, 0.25) is 0 Å². The number of amides is 1. The number of carbonyl (C=O) groups excluding carboxylic acids is 2. The molecule has 0 spiro atoms. The van der Waals surface area contributed by atoms with Crippen molar-refractivity contribution in [1.82, 2.24) is 14.8 Å². The Morgan fingerprint density at radius 1 is 1.00 bits per heavy atom. The molecule has 0 aliphatic carbocycles. The minimum atomic E-state index is -0.365. The highest BCUT2D eigenvalue weighted by Crippen LogP contribution is 2.33. The number of aromatic nitrogens is 1. The van der Waals surface area contributed by atoms with E-state index in [9.17, 15) is 9.59 Å². The molecule has 1 aliphatic rings. The highest BCUT2D eigenvalue weighted by atomic mass is 16.5. The number of pyridine rings is 1. The molecule has 36 heavy (non-hydrogen) atoms. The van der Waals surface area contributed by atoms with Gasteiger partial charge in [0.2, 0.25) is 0 Å². The molecule has 0 bridgehead atoms. The topological polar surface area (TPSA) is 62.7 Å². The molecule has 4 rings (SSSR count). The van der Waals surface area contributed by atoms with Crippen LogP contribution in [-0.2, 0) is 9.53 Å². The van der Waals surface area contributed by atoms with E-state index in [1.54, 1.807) is 18.5 Å². The van der Waals surface area contributed by atoms with Crippen LogP contribution in [0, 0.1) is 0 Å². The van der Waals surface area contributed by atoms with Crippen LogP contribution in [0.5, 0.6) is 0 Å². The van der Waals surface area contributed by atoms with E-state index in [1.165, 1.54) is 18.2 Å². The number of benzene rings is 2. The Bertz CT molecular complexity index is 1110. The lowest BCUT2D eigenvalue weighted by molar-refractivity contribution is -0.136. The summed E-state index contributed by atoms with van der Waals surface area (Å²) in [6.07, 6.45) is 5.47. The molecule has 0 N–H and O–H groups in total. The Balaban J connectivity index is 1.60. The second-order valence-corrected chi connectivity index (χ2v) is 9.10. The first-order chi connectivity index (χ1) is 17.6. The van der Waals surface area contributed by atoms with E-state index in [1.807, 2.05) is 23.1 Å². The van der Waals surface area contributed by atoms with Crippen LogP contribution in [-0.4, -0.2) is 59.4 Å². The van der Waals surface area contributed by atoms with Gasteiger partial charge in [0.25, 0.3) is 5.91 Å². The van der Waals surface area contributed by atoms with E-state index in [4.69, 9.17) is 4.74 Å². The Hall–Kier alpha value is -3.77. The minimum Gasteiger partial charge on any atom is -0.466 e. The molecule has 186 valence electrons. The first-order valence-electron chi connectivity index (χ1n) is 12.4. The molecule has 1 aliphatic heterocycles. The van der Waals surface area contributed by atoms with E-state index in [0.29, 0.717) is 30.6 Å². The van der Waals surface area contributed by atoms with Gasteiger partial charge in [0, 0.05) is 43.6 Å². The van der Waals surface area contributed by atoms with Crippen LogP contribution in [0.15, 0.2) is 97.3 Å². The highest BCUT2D eigenvalue weighted by Gasteiger charge is 2.35. The quantitative estimate of drug-likeness (QED) is 0.320. The SMILES string of the molecule is C=C(CCCC1CN(C(=O)c2cccnc2)CCN1C(c1ccccc1)c1ccccc1)C(=O)OC. The van der Waals surface area contributed by atoms with Crippen LogP contribution in [0.3, 0.4) is 0 Å². The fourth-order valence-electron chi connectivity index (χ4n) is 4.97. The molecule has 1 aromatic heterocycles. The maximum absolute atomic E-state index is 13.3. The summed E-state index contributed by atoms with van der Waals surface area (Å²) in [5.74, 6) is -0.363. The number of rotatable bonds is 9. The van der Waals surface area contributed by atoms with Gasteiger partial charge in [-0.25, -0.2) is 4.79 Å². The Morgan fingerprint density at radius 3 is 2.25 bits per heavy atom. The van der Waals surface area contributed by atoms with Gasteiger partial charge in [0.15, 0.2) is 0 Å². The predicted molar refractivity (Wildman–Crippen MR) is 140 cm³/mol. The largest absolute Gasteiger partial charge is 0.466 e. The number of hydrogen-bond acceptors (Lipinski definition) is 5. The number of hydrogen-bond donors (Lipinski definition) is 0. The average Bonchev–Trinajstić information content (AvgIpc) is 2.94. The summed E-state index contributed by atoms with van der Waals surface area (Å²) in [5.41, 5.74) is 3.52. The van der Waals surface area contributed by atoms with Crippen molar-refractivity contribution in [3.63, 3.8) is 0 Å². The van der Waals surface area contributed by atoms with Crippen LogP contribution in [0.1, 0.15) is 46.8 Å². The normalized spacial score (nSPS) is 16.1. The van der Waals surface area contributed by atoms with E-state index < -0.39 is 0 Å². The number of methoxy groups -OCH3 is 1. The standard InChI is InChI=1S/C30H33N3O3/c1-23(30(35)36-2)11-9-17-27-22-32(29(34)26-16-10-18-31-21-26)19-20-33(27)28(24-12-5-3-6-13-24)25-14-7-4-8-15-25/h3-8,10,12-16,18,21,27-28H,1,9,11,17,19-20,22H2,2H3. The van der Waals surface area contributed by atoms with Crippen molar-refractivity contribution in [3.05, 3.63) is 114 Å². The van der Waals surface area contributed by atoms with E-state index in [2.05, 4.69) is 65.0 Å². The fraction of sp³-hybridized carbons (Fsp3) is 0.300. The van der Waals surface area contributed by atoms with Gasteiger partial charge in [-0.05, 0) is 42.5 Å². The van der Waals surface area contributed by atoms with E-state index in [0.717, 1.165) is 19.4 Å². The smallest absolute Gasteiger partial charge is 0.333 e. The Morgan fingerprint density at radius 2 is 1.67 bits per heavy atom. The fourth-order valence-corrected chi connectivity index (χ4v) is 4.97. The number of carbonyl (C=O) groups is 2. The monoisotopic (exact) mass is 483 g/mol. The zero-order chi connectivity index (χ0) is 25.3. The molecular formula is C30H33N3O3. The Kier molecular flexibility index (Phi) is 8.63.